The third kappa shape index (κ3) is 7.69. The molecule has 2 rings (SSSR count). The Morgan fingerprint density at radius 3 is 2.58 bits per heavy atom. The van der Waals surface area contributed by atoms with E-state index in [4.69, 9.17) is 0 Å². The number of rotatable bonds is 7. The summed E-state index contributed by atoms with van der Waals surface area (Å²) in [5, 5.41) is 7.35. The third-order valence-electron chi connectivity index (χ3n) is 3.53. The van der Waals surface area contributed by atoms with Crippen molar-refractivity contribution in [2.75, 3.05) is 20.6 Å². The number of hydrogen-bond acceptors (Lipinski definition) is 4. The summed E-state index contributed by atoms with van der Waals surface area (Å²) in [6, 6.07) is 10.0. The first-order valence-corrected chi connectivity index (χ1v) is 9.10. The molecule has 0 bridgehead atoms. The van der Waals surface area contributed by atoms with Crippen LogP contribution in [0.2, 0.25) is 0 Å². The lowest BCUT2D eigenvalue weighted by Gasteiger charge is -2.14. The van der Waals surface area contributed by atoms with Gasteiger partial charge in [-0.05, 0) is 12.0 Å². The van der Waals surface area contributed by atoms with Crippen LogP contribution in [-0.2, 0) is 24.3 Å². The van der Waals surface area contributed by atoms with Crippen molar-refractivity contribution in [2.24, 2.45) is 4.99 Å². The smallest absolute Gasteiger partial charge is 0.241 e. The number of nitrogens with one attached hydrogen (secondary N) is 2. The number of guanidine groups is 1. The van der Waals surface area contributed by atoms with Gasteiger partial charge in [0.2, 0.25) is 5.91 Å². The number of nitrogens with zero attached hydrogens (tertiary/aromatic N) is 3. The number of aryl methyl sites for hydroxylation is 1. The maximum atomic E-state index is 11.8. The molecule has 6 nitrogen and oxygen atoms in total. The van der Waals surface area contributed by atoms with Gasteiger partial charge in [0.15, 0.2) is 5.96 Å². The van der Waals surface area contributed by atoms with Crippen LogP contribution in [0.5, 0.6) is 0 Å². The molecule has 0 saturated carbocycles. The number of halogens is 1. The minimum Gasteiger partial charge on any atom is -0.350 e. The van der Waals surface area contributed by atoms with E-state index in [-0.39, 0.29) is 36.4 Å². The van der Waals surface area contributed by atoms with Crippen molar-refractivity contribution in [3.05, 3.63) is 52.0 Å². The van der Waals surface area contributed by atoms with Gasteiger partial charge in [0.1, 0.15) is 5.01 Å². The van der Waals surface area contributed by atoms with E-state index in [2.05, 4.69) is 27.5 Å². The fraction of sp³-hybridized carbons (Fsp3) is 0.389. The highest BCUT2D eigenvalue weighted by Gasteiger charge is 2.07. The van der Waals surface area contributed by atoms with Crippen LogP contribution in [0.4, 0.5) is 0 Å². The second-order valence-electron chi connectivity index (χ2n) is 5.72. The van der Waals surface area contributed by atoms with E-state index < -0.39 is 0 Å². The van der Waals surface area contributed by atoms with Gasteiger partial charge in [-0.15, -0.1) is 35.3 Å². The molecule has 1 heterocycles. The van der Waals surface area contributed by atoms with Gasteiger partial charge in [-0.25, -0.2) is 9.98 Å². The molecule has 0 aliphatic rings. The molecule has 0 fully saturated rings. The topological polar surface area (TPSA) is 69.6 Å². The SMILES string of the molecule is CCc1cnc(CNC(=NCc2ccccc2)NCC(=O)N(C)C)s1.I. The molecule has 0 radical (unpaired) electrons. The average Bonchev–Trinajstić information content (AvgIpc) is 3.09. The van der Waals surface area contributed by atoms with Crippen molar-refractivity contribution < 1.29 is 4.79 Å². The van der Waals surface area contributed by atoms with Crippen molar-refractivity contribution >= 4 is 47.2 Å². The molecule has 142 valence electrons. The summed E-state index contributed by atoms with van der Waals surface area (Å²) >= 11 is 1.69. The van der Waals surface area contributed by atoms with Gasteiger partial charge >= 0.3 is 0 Å². The van der Waals surface area contributed by atoms with Gasteiger partial charge in [0.25, 0.3) is 0 Å². The lowest BCUT2D eigenvalue weighted by Crippen LogP contribution is -2.42. The number of likely N-dealkylation sites (N-methyl/N-ethyl adjacent to an activating group) is 1. The molecule has 0 unspecified atom stereocenters. The standard InChI is InChI=1S/C18H25N5OS.HI/c1-4-15-11-19-16(25-15)12-21-18(22-13-17(24)23(2)3)20-10-14-8-6-5-7-9-14;/h5-9,11H,4,10,12-13H2,1-3H3,(H2,20,21,22);1H. The number of carbonyl (C=O) groups is 1. The number of aliphatic imine (C=N–C) groups is 1. The van der Waals surface area contributed by atoms with Gasteiger partial charge < -0.3 is 15.5 Å². The molecule has 2 N–H and O–H groups in total. The minimum atomic E-state index is -0.00303. The van der Waals surface area contributed by atoms with Crippen LogP contribution in [0.3, 0.4) is 0 Å². The highest BCUT2D eigenvalue weighted by atomic mass is 127. The molecule has 8 heteroatoms. The average molecular weight is 487 g/mol. The number of amides is 1. The molecular weight excluding hydrogens is 461 g/mol. The van der Waals surface area contributed by atoms with Gasteiger partial charge in [-0.1, -0.05) is 37.3 Å². The third-order valence-corrected chi connectivity index (χ3v) is 4.67. The van der Waals surface area contributed by atoms with Crippen molar-refractivity contribution in [2.45, 2.75) is 26.4 Å². The molecule has 1 amide bonds. The van der Waals surface area contributed by atoms with Crippen LogP contribution >= 0.6 is 35.3 Å². The summed E-state index contributed by atoms with van der Waals surface area (Å²) in [6.07, 6.45) is 2.90. The van der Waals surface area contributed by atoms with Crippen molar-refractivity contribution in [1.82, 2.24) is 20.5 Å². The molecule has 1 aromatic heterocycles. The summed E-state index contributed by atoms with van der Waals surface area (Å²) < 4.78 is 0. The highest BCUT2D eigenvalue weighted by molar-refractivity contribution is 14.0. The molecular formula is C18H26IN5OS. The molecule has 1 aromatic carbocycles. The summed E-state index contributed by atoms with van der Waals surface area (Å²) in [5.74, 6) is 0.601. The van der Waals surface area contributed by atoms with Crippen LogP contribution in [0.25, 0.3) is 0 Å². The Morgan fingerprint density at radius 2 is 1.96 bits per heavy atom. The molecule has 0 spiro atoms. The van der Waals surface area contributed by atoms with E-state index in [1.807, 2.05) is 36.5 Å². The quantitative estimate of drug-likeness (QED) is 0.358. The number of benzene rings is 1. The van der Waals surface area contributed by atoms with E-state index in [1.54, 1.807) is 30.3 Å². The first-order valence-electron chi connectivity index (χ1n) is 8.28. The van der Waals surface area contributed by atoms with E-state index in [0.29, 0.717) is 19.0 Å². The van der Waals surface area contributed by atoms with Gasteiger partial charge in [0.05, 0.1) is 19.6 Å². The van der Waals surface area contributed by atoms with Crippen molar-refractivity contribution in [3.8, 4) is 0 Å². The normalized spacial score (nSPS) is 10.8. The second-order valence-corrected chi connectivity index (χ2v) is 6.92. The maximum absolute atomic E-state index is 11.8. The van der Waals surface area contributed by atoms with Crippen LogP contribution in [0.15, 0.2) is 41.5 Å². The van der Waals surface area contributed by atoms with Crippen molar-refractivity contribution in [1.29, 1.82) is 0 Å². The summed E-state index contributed by atoms with van der Waals surface area (Å²) in [4.78, 5) is 23.6. The van der Waals surface area contributed by atoms with Crippen LogP contribution in [0.1, 0.15) is 22.4 Å². The number of carbonyl (C=O) groups excluding carboxylic acids is 1. The Kier molecular flexibility index (Phi) is 10.2. The zero-order chi connectivity index (χ0) is 18.1. The van der Waals surface area contributed by atoms with Gasteiger partial charge in [0, 0.05) is 25.2 Å². The Hall–Kier alpha value is -1.68. The van der Waals surface area contributed by atoms with Crippen LogP contribution in [-0.4, -0.2) is 42.4 Å². The summed E-state index contributed by atoms with van der Waals surface area (Å²) in [7, 11) is 3.47. The van der Waals surface area contributed by atoms with E-state index in [0.717, 1.165) is 17.0 Å². The first kappa shape index (κ1) is 22.4. The fourth-order valence-corrected chi connectivity index (χ4v) is 2.80. The Balaban J connectivity index is 0.00000338. The fourth-order valence-electron chi connectivity index (χ4n) is 2.00. The lowest BCUT2D eigenvalue weighted by atomic mass is 10.2. The number of aromatic nitrogens is 1. The monoisotopic (exact) mass is 487 g/mol. The predicted octanol–water partition coefficient (Wildman–Crippen LogP) is 2.65. The van der Waals surface area contributed by atoms with E-state index >= 15 is 0 Å². The Labute approximate surface area is 176 Å². The number of thiazole rings is 1. The zero-order valence-electron chi connectivity index (χ0n) is 15.4. The van der Waals surface area contributed by atoms with Crippen LogP contribution in [0, 0.1) is 0 Å². The van der Waals surface area contributed by atoms with E-state index in [1.165, 1.54) is 4.88 Å². The van der Waals surface area contributed by atoms with Crippen LogP contribution < -0.4 is 10.6 Å². The lowest BCUT2D eigenvalue weighted by molar-refractivity contribution is -0.127. The molecule has 0 aliphatic carbocycles. The molecule has 0 saturated heterocycles. The maximum Gasteiger partial charge on any atom is 0.241 e. The van der Waals surface area contributed by atoms with Crippen molar-refractivity contribution in [3.63, 3.8) is 0 Å². The Bertz CT molecular complexity index is 703. The summed E-state index contributed by atoms with van der Waals surface area (Å²) in [6.45, 7) is 3.45. The summed E-state index contributed by atoms with van der Waals surface area (Å²) in [5.41, 5.74) is 1.12. The highest BCUT2D eigenvalue weighted by Crippen LogP contribution is 2.12. The Morgan fingerprint density at radius 1 is 1.23 bits per heavy atom. The van der Waals surface area contributed by atoms with E-state index in [9.17, 15) is 4.79 Å². The van der Waals surface area contributed by atoms with Gasteiger partial charge in [-0.3, -0.25) is 4.79 Å². The molecule has 0 aliphatic heterocycles. The predicted molar refractivity (Wildman–Crippen MR) is 118 cm³/mol. The van der Waals surface area contributed by atoms with Gasteiger partial charge in [-0.2, -0.15) is 0 Å². The zero-order valence-corrected chi connectivity index (χ0v) is 18.5. The molecule has 26 heavy (non-hydrogen) atoms. The second kappa shape index (κ2) is 11.8. The molecule has 0 atom stereocenters. The first-order chi connectivity index (χ1) is 12.1. The number of hydrogen-bond donors (Lipinski definition) is 2. The largest absolute Gasteiger partial charge is 0.350 e. The molecule has 2 aromatic rings. The minimum absolute atomic E-state index is 0.